The molecule has 2 N–H and O–H groups in total. The zero-order valence-corrected chi connectivity index (χ0v) is 15.0. The molecule has 2 atom stereocenters. The van der Waals surface area contributed by atoms with Gasteiger partial charge in [0, 0.05) is 50.5 Å². The number of amides is 1. The van der Waals surface area contributed by atoms with E-state index >= 15 is 0 Å². The Labute approximate surface area is 160 Å². The SMILES string of the molecule is O=C1NCC(c2cn3c4c(cccc24)CCC3)C1c1c[nH]c2ccccc12.[HH].[HH]. The number of rotatable bonds is 2. The number of aromatic nitrogens is 2. The Morgan fingerprint density at radius 1 is 1.04 bits per heavy atom. The number of fused-ring (bicyclic) bond motifs is 1. The molecule has 0 saturated carbocycles. The third kappa shape index (κ3) is 2.07. The molecule has 2 aromatic heterocycles. The van der Waals surface area contributed by atoms with Crippen LogP contribution in [0.25, 0.3) is 21.8 Å². The molecule has 138 valence electrons. The molecule has 1 amide bonds. The number of aryl methyl sites for hydroxylation is 2. The molecule has 2 aliphatic rings. The molecule has 2 aromatic carbocycles. The minimum absolute atomic E-state index is 0. The summed E-state index contributed by atoms with van der Waals surface area (Å²) in [5.41, 5.74) is 6.31. The van der Waals surface area contributed by atoms with E-state index in [2.05, 4.69) is 51.4 Å². The average molecular weight is 359 g/mol. The molecule has 4 aromatic rings. The highest BCUT2D eigenvalue weighted by molar-refractivity contribution is 5.96. The average Bonchev–Trinajstić information content (AvgIpc) is 3.38. The lowest BCUT2D eigenvalue weighted by molar-refractivity contribution is -0.120. The van der Waals surface area contributed by atoms with E-state index in [-0.39, 0.29) is 20.6 Å². The van der Waals surface area contributed by atoms with Gasteiger partial charge in [-0.05, 0) is 35.6 Å². The summed E-state index contributed by atoms with van der Waals surface area (Å²) in [6, 6.07) is 14.9. The molecular formula is C23H25N3O. The molecule has 6 rings (SSSR count). The number of para-hydroxylation sites is 2. The summed E-state index contributed by atoms with van der Waals surface area (Å²) in [5.74, 6) is 0.148. The highest BCUT2D eigenvalue weighted by atomic mass is 16.2. The third-order valence-electron chi connectivity index (χ3n) is 6.39. The summed E-state index contributed by atoms with van der Waals surface area (Å²) in [7, 11) is 0. The van der Waals surface area contributed by atoms with Crippen molar-refractivity contribution in [3.8, 4) is 0 Å². The molecule has 2 aliphatic heterocycles. The Balaban J connectivity index is 0.00000102. The maximum Gasteiger partial charge on any atom is 0.228 e. The van der Waals surface area contributed by atoms with E-state index < -0.39 is 0 Å². The van der Waals surface area contributed by atoms with Crippen molar-refractivity contribution in [2.24, 2.45) is 0 Å². The van der Waals surface area contributed by atoms with Crippen LogP contribution in [0.4, 0.5) is 0 Å². The lowest BCUT2D eigenvalue weighted by Gasteiger charge is -2.16. The second-order valence-electron chi connectivity index (χ2n) is 7.81. The number of nitrogens with one attached hydrogen (secondary N) is 2. The van der Waals surface area contributed by atoms with Crippen LogP contribution in [0.15, 0.2) is 54.9 Å². The molecule has 1 fully saturated rings. The highest BCUT2D eigenvalue weighted by Gasteiger charge is 2.39. The van der Waals surface area contributed by atoms with E-state index in [0.717, 1.165) is 29.4 Å². The van der Waals surface area contributed by atoms with Crippen molar-refractivity contribution in [1.29, 1.82) is 0 Å². The fourth-order valence-corrected chi connectivity index (χ4v) is 5.20. The van der Waals surface area contributed by atoms with Crippen LogP contribution in [0.3, 0.4) is 0 Å². The van der Waals surface area contributed by atoms with Crippen molar-refractivity contribution in [2.45, 2.75) is 31.2 Å². The summed E-state index contributed by atoms with van der Waals surface area (Å²) < 4.78 is 2.40. The molecular weight excluding hydrogens is 334 g/mol. The van der Waals surface area contributed by atoms with Crippen LogP contribution in [-0.2, 0) is 17.8 Å². The van der Waals surface area contributed by atoms with Crippen LogP contribution in [0.5, 0.6) is 0 Å². The van der Waals surface area contributed by atoms with Crippen molar-refractivity contribution in [1.82, 2.24) is 14.9 Å². The molecule has 4 heterocycles. The van der Waals surface area contributed by atoms with E-state index in [4.69, 9.17) is 0 Å². The number of H-pyrrole nitrogens is 1. The molecule has 0 radical (unpaired) electrons. The Kier molecular flexibility index (Phi) is 3.07. The first-order chi connectivity index (χ1) is 13.3. The minimum Gasteiger partial charge on any atom is -0.361 e. The van der Waals surface area contributed by atoms with Crippen molar-refractivity contribution < 1.29 is 7.65 Å². The topological polar surface area (TPSA) is 49.8 Å². The van der Waals surface area contributed by atoms with Crippen molar-refractivity contribution >= 4 is 27.7 Å². The number of hydrogen-bond donors (Lipinski definition) is 2. The molecule has 2 unspecified atom stereocenters. The molecule has 0 bridgehead atoms. The molecule has 4 heteroatoms. The van der Waals surface area contributed by atoms with E-state index in [9.17, 15) is 4.79 Å². The van der Waals surface area contributed by atoms with Gasteiger partial charge in [0.25, 0.3) is 0 Å². The number of carbonyl (C=O) groups excluding carboxylic acids is 1. The lowest BCUT2D eigenvalue weighted by Crippen LogP contribution is -2.17. The predicted octanol–water partition coefficient (Wildman–Crippen LogP) is 4.56. The fourth-order valence-electron chi connectivity index (χ4n) is 5.20. The molecule has 1 saturated heterocycles. The second-order valence-corrected chi connectivity index (χ2v) is 7.81. The first-order valence-electron chi connectivity index (χ1n) is 9.75. The van der Waals surface area contributed by atoms with Gasteiger partial charge >= 0.3 is 0 Å². The van der Waals surface area contributed by atoms with Gasteiger partial charge in [-0.3, -0.25) is 4.79 Å². The summed E-state index contributed by atoms with van der Waals surface area (Å²) in [4.78, 5) is 16.2. The van der Waals surface area contributed by atoms with Crippen LogP contribution < -0.4 is 5.32 Å². The smallest absolute Gasteiger partial charge is 0.228 e. The first kappa shape index (κ1) is 15.1. The Morgan fingerprint density at radius 2 is 1.93 bits per heavy atom. The summed E-state index contributed by atoms with van der Waals surface area (Å²) in [5, 5.41) is 5.60. The van der Waals surface area contributed by atoms with Crippen LogP contribution >= 0.6 is 0 Å². The van der Waals surface area contributed by atoms with Gasteiger partial charge in [0.1, 0.15) is 0 Å². The van der Waals surface area contributed by atoms with E-state index in [1.807, 2.05) is 18.3 Å². The van der Waals surface area contributed by atoms with Crippen LogP contribution in [0, 0.1) is 0 Å². The highest BCUT2D eigenvalue weighted by Crippen LogP contribution is 2.43. The normalized spacial score (nSPS) is 21.9. The summed E-state index contributed by atoms with van der Waals surface area (Å²) >= 11 is 0. The number of hydrogen-bond acceptors (Lipinski definition) is 1. The van der Waals surface area contributed by atoms with Gasteiger partial charge < -0.3 is 14.9 Å². The van der Waals surface area contributed by atoms with Gasteiger partial charge in [0.15, 0.2) is 0 Å². The second kappa shape index (κ2) is 5.49. The van der Waals surface area contributed by atoms with Crippen LogP contribution in [0.2, 0.25) is 0 Å². The van der Waals surface area contributed by atoms with Crippen molar-refractivity contribution in [3.63, 3.8) is 0 Å². The molecule has 4 nitrogen and oxygen atoms in total. The zero-order chi connectivity index (χ0) is 18.0. The van der Waals surface area contributed by atoms with Gasteiger partial charge in [-0.1, -0.05) is 36.4 Å². The maximum absolute atomic E-state index is 12.9. The predicted molar refractivity (Wildman–Crippen MR) is 111 cm³/mol. The lowest BCUT2D eigenvalue weighted by atomic mass is 9.83. The monoisotopic (exact) mass is 359 g/mol. The molecule has 0 aliphatic carbocycles. The minimum atomic E-state index is -0.149. The Bertz CT molecular complexity index is 1210. The van der Waals surface area contributed by atoms with Crippen molar-refractivity contribution in [2.75, 3.05) is 6.54 Å². The van der Waals surface area contributed by atoms with Crippen molar-refractivity contribution in [3.05, 3.63) is 71.5 Å². The van der Waals surface area contributed by atoms with E-state index in [0.29, 0.717) is 6.54 Å². The summed E-state index contributed by atoms with van der Waals surface area (Å²) in [6.07, 6.45) is 6.67. The maximum atomic E-state index is 12.9. The van der Waals surface area contributed by atoms with Gasteiger partial charge in [-0.15, -0.1) is 0 Å². The molecule has 0 spiro atoms. The largest absolute Gasteiger partial charge is 0.361 e. The van der Waals surface area contributed by atoms with Crippen LogP contribution in [0.1, 0.15) is 37.8 Å². The van der Waals surface area contributed by atoms with Gasteiger partial charge in [0.05, 0.1) is 11.4 Å². The fraction of sp³-hybridized carbons (Fsp3) is 0.261. The zero-order valence-electron chi connectivity index (χ0n) is 15.0. The Hall–Kier alpha value is -3.01. The molecule has 27 heavy (non-hydrogen) atoms. The van der Waals surface area contributed by atoms with Gasteiger partial charge in [-0.25, -0.2) is 0 Å². The first-order valence-corrected chi connectivity index (χ1v) is 9.75. The van der Waals surface area contributed by atoms with E-state index in [1.54, 1.807) is 0 Å². The van der Waals surface area contributed by atoms with Gasteiger partial charge in [-0.2, -0.15) is 0 Å². The number of benzene rings is 2. The van der Waals surface area contributed by atoms with Crippen LogP contribution in [-0.4, -0.2) is 22.0 Å². The Morgan fingerprint density at radius 3 is 2.89 bits per heavy atom. The quantitative estimate of drug-likeness (QED) is 0.542. The van der Waals surface area contributed by atoms with Gasteiger partial charge in [0.2, 0.25) is 5.91 Å². The number of nitrogens with zero attached hydrogens (tertiary/aromatic N) is 1. The third-order valence-corrected chi connectivity index (χ3v) is 6.39. The number of carbonyl (C=O) groups is 1. The van der Waals surface area contributed by atoms with E-state index in [1.165, 1.54) is 28.5 Å². The number of aromatic amines is 1. The summed E-state index contributed by atoms with van der Waals surface area (Å²) in [6.45, 7) is 1.77. The standard InChI is InChI=1S/C23H21N3O.2H2/c27-23-21(17-11-24-20-9-2-1-7-15(17)20)18(12-25-23)19-13-26-10-4-6-14-5-3-8-16(19)22(14)26;;/h1-3,5,7-9,11,13,18,21,24H,4,6,10,12H2,(H,25,27);2*1H.